The SMILES string of the molecule is O=C1CC(CS(=O)(=O)F)CN1c1ccc(F)c(C(F)(F)F)c1. The number of nitrogens with zero attached hydrogens (tertiary/aromatic N) is 1. The van der Waals surface area contributed by atoms with Crippen LogP contribution in [0.2, 0.25) is 0 Å². The third-order valence-electron chi connectivity index (χ3n) is 3.21. The van der Waals surface area contributed by atoms with E-state index in [1.54, 1.807) is 0 Å². The number of benzene rings is 1. The van der Waals surface area contributed by atoms with Crippen LogP contribution in [0.4, 0.5) is 27.1 Å². The number of carbonyl (C=O) groups is 1. The second-order valence-corrected chi connectivity index (χ2v) is 6.35. The van der Waals surface area contributed by atoms with Crippen LogP contribution in [0.3, 0.4) is 0 Å². The van der Waals surface area contributed by atoms with Crippen molar-refractivity contribution < 1.29 is 34.7 Å². The number of rotatable bonds is 3. The minimum absolute atomic E-state index is 0.211. The largest absolute Gasteiger partial charge is 0.419 e. The van der Waals surface area contributed by atoms with Gasteiger partial charge in [-0.25, -0.2) is 4.39 Å². The fourth-order valence-corrected chi connectivity index (χ4v) is 3.11. The first kappa shape index (κ1) is 16.7. The second kappa shape index (κ2) is 5.49. The van der Waals surface area contributed by atoms with E-state index in [0.29, 0.717) is 12.1 Å². The quantitative estimate of drug-likeness (QED) is 0.626. The van der Waals surface area contributed by atoms with Gasteiger partial charge in [0.1, 0.15) is 5.82 Å². The Balaban J connectivity index is 2.28. The van der Waals surface area contributed by atoms with Crippen LogP contribution in [0.15, 0.2) is 18.2 Å². The van der Waals surface area contributed by atoms with Crippen molar-refractivity contribution in [3.63, 3.8) is 0 Å². The molecule has 0 bridgehead atoms. The lowest BCUT2D eigenvalue weighted by Crippen LogP contribution is -2.26. The van der Waals surface area contributed by atoms with Gasteiger partial charge in [-0.2, -0.15) is 21.6 Å². The van der Waals surface area contributed by atoms with Crippen molar-refractivity contribution in [1.29, 1.82) is 0 Å². The van der Waals surface area contributed by atoms with Gasteiger partial charge in [0.05, 0.1) is 11.3 Å². The molecule has 4 nitrogen and oxygen atoms in total. The fourth-order valence-electron chi connectivity index (χ4n) is 2.32. The molecular weight excluding hydrogens is 333 g/mol. The molecule has 1 heterocycles. The molecule has 1 unspecified atom stereocenters. The number of anilines is 1. The van der Waals surface area contributed by atoms with Crippen LogP contribution in [0.25, 0.3) is 0 Å². The van der Waals surface area contributed by atoms with Gasteiger partial charge in [0.25, 0.3) is 0 Å². The molecule has 1 fully saturated rings. The molecule has 1 atom stereocenters. The summed E-state index contributed by atoms with van der Waals surface area (Å²) in [5.74, 6) is -3.87. The maximum atomic E-state index is 13.2. The number of carbonyl (C=O) groups excluding carboxylic acids is 1. The molecule has 0 aliphatic carbocycles. The van der Waals surface area contributed by atoms with Gasteiger partial charge in [0.15, 0.2) is 0 Å². The highest BCUT2D eigenvalue weighted by Gasteiger charge is 2.37. The topological polar surface area (TPSA) is 54.5 Å². The molecule has 1 aromatic rings. The Morgan fingerprint density at radius 2 is 1.91 bits per heavy atom. The molecule has 0 aromatic heterocycles. The first-order valence-electron chi connectivity index (χ1n) is 6.07. The van der Waals surface area contributed by atoms with Gasteiger partial charge < -0.3 is 4.90 Å². The third kappa shape index (κ3) is 3.73. The summed E-state index contributed by atoms with van der Waals surface area (Å²) in [6, 6.07) is 2.03. The molecule has 0 N–H and O–H groups in total. The van der Waals surface area contributed by atoms with Crippen LogP contribution >= 0.6 is 0 Å². The maximum absolute atomic E-state index is 13.2. The minimum atomic E-state index is -4.93. The average Bonchev–Trinajstić information content (AvgIpc) is 2.66. The van der Waals surface area contributed by atoms with E-state index >= 15 is 0 Å². The van der Waals surface area contributed by atoms with Crippen molar-refractivity contribution in [2.24, 2.45) is 5.92 Å². The van der Waals surface area contributed by atoms with Crippen LogP contribution in [0, 0.1) is 11.7 Å². The van der Waals surface area contributed by atoms with E-state index in [-0.39, 0.29) is 18.7 Å². The minimum Gasteiger partial charge on any atom is -0.312 e. The number of amides is 1. The smallest absolute Gasteiger partial charge is 0.312 e. The number of hydrogen-bond donors (Lipinski definition) is 0. The van der Waals surface area contributed by atoms with Gasteiger partial charge in [0, 0.05) is 24.6 Å². The molecule has 1 amide bonds. The summed E-state index contributed by atoms with van der Waals surface area (Å²) in [6.07, 6.45) is -5.23. The molecule has 0 spiro atoms. The van der Waals surface area contributed by atoms with Crippen LogP contribution in [0.1, 0.15) is 12.0 Å². The van der Waals surface area contributed by atoms with E-state index in [0.717, 1.165) is 11.0 Å². The Labute approximate surface area is 122 Å². The predicted octanol–water partition coefficient (Wildman–Crippen LogP) is 2.50. The van der Waals surface area contributed by atoms with Crippen molar-refractivity contribution in [3.8, 4) is 0 Å². The normalized spacial score (nSPS) is 19.8. The van der Waals surface area contributed by atoms with Gasteiger partial charge in [0.2, 0.25) is 5.91 Å². The van der Waals surface area contributed by atoms with Gasteiger partial charge in [-0.3, -0.25) is 4.79 Å². The Bertz CT molecular complexity index is 701. The van der Waals surface area contributed by atoms with Gasteiger partial charge in [-0.15, -0.1) is 3.89 Å². The van der Waals surface area contributed by atoms with E-state index in [9.17, 15) is 34.7 Å². The highest BCUT2D eigenvalue weighted by molar-refractivity contribution is 7.86. The lowest BCUT2D eigenvalue weighted by Gasteiger charge is -2.18. The zero-order chi connectivity index (χ0) is 16.7. The van der Waals surface area contributed by atoms with Crippen molar-refractivity contribution >= 4 is 21.8 Å². The van der Waals surface area contributed by atoms with Crippen molar-refractivity contribution in [2.75, 3.05) is 17.2 Å². The van der Waals surface area contributed by atoms with E-state index in [2.05, 4.69) is 0 Å². The average molecular weight is 343 g/mol. The molecule has 0 radical (unpaired) electrons. The zero-order valence-corrected chi connectivity index (χ0v) is 11.7. The molecule has 122 valence electrons. The van der Waals surface area contributed by atoms with Crippen LogP contribution < -0.4 is 4.90 Å². The lowest BCUT2D eigenvalue weighted by atomic mass is 10.1. The van der Waals surface area contributed by atoms with E-state index in [4.69, 9.17) is 0 Å². The molecule has 2 rings (SSSR count). The first-order valence-corrected chi connectivity index (χ1v) is 7.62. The Morgan fingerprint density at radius 3 is 2.45 bits per heavy atom. The van der Waals surface area contributed by atoms with Crippen molar-refractivity contribution in [1.82, 2.24) is 0 Å². The van der Waals surface area contributed by atoms with Gasteiger partial charge >= 0.3 is 16.4 Å². The van der Waals surface area contributed by atoms with Crippen molar-refractivity contribution in [2.45, 2.75) is 12.6 Å². The maximum Gasteiger partial charge on any atom is 0.419 e. The summed E-state index contributed by atoms with van der Waals surface area (Å²) >= 11 is 0. The van der Waals surface area contributed by atoms with Crippen molar-refractivity contribution in [3.05, 3.63) is 29.6 Å². The standard InChI is InChI=1S/C12H10F5NO3S/c13-10-2-1-8(4-9(10)12(14,15)16)18-5-7(3-11(18)19)6-22(17,20)21/h1-2,4,7H,3,5-6H2. The Kier molecular flexibility index (Phi) is 4.16. The molecule has 1 aromatic carbocycles. The Morgan fingerprint density at radius 1 is 1.27 bits per heavy atom. The summed E-state index contributed by atoms with van der Waals surface area (Å²) in [5.41, 5.74) is -1.74. The molecule has 1 aliphatic rings. The number of halogens is 5. The van der Waals surface area contributed by atoms with E-state index in [1.807, 2.05) is 0 Å². The third-order valence-corrected chi connectivity index (χ3v) is 4.08. The number of hydrogen-bond acceptors (Lipinski definition) is 3. The summed E-state index contributed by atoms with van der Waals surface area (Å²) < 4.78 is 84.9. The van der Waals surface area contributed by atoms with E-state index < -0.39 is 45.4 Å². The molecule has 1 aliphatic heterocycles. The van der Waals surface area contributed by atoms with Crippen LogP contribution in [-0.2, 0) is 21.2 Å². The molecule has 0 saturated carbocycles. The highest BCUT2D eigenvalue weighted by atomic mass is 32.3. The molecule has 22 heavy (non-hydrogen) atoms. The zero-order valence-electron chi connectivity index (χ0n) is 10.9. The van der Waals surface area contributed by atoms with E-state index in [1.165, 1.54) is 0 Å². The molecule has 1 saturated heterocycles. The fraction of sp³-hybridized carbons (Fsp3) is 0.417. The molecule has 10 heteroatoms. The summed E-state index contributed by atoms with van der Waals surface area (Å²) in [4.78, 5) is 12.6. The van der Waals surface area contributed by atoms with Crippen LogP contribution in [-0.4, -0.2) is 26.6 Å². The second-order valence-electron chi connectivity index (χ2n) is 4.94. The summed E-state index contributed by atoms with van der Waals surface area (Å²) in [5, 5.41) is 0. The number of alkyl halides is 3. The summed E-state index contributed by atoms with van der Waals surface area (Å²) in [7, 11) is -4.79. The van der Waals surface area contributed by atoms with Gasteiger partial charge in [-0.1, -0.05) is 0 Å². The van der Waals surface area contributed by atoms with Gasteiger partial charge in [-0.05, 0) is 18.2 Å². The lowest BCUT2D eigenvalue weighted by molar-refractivity contribution is -0.140. The van der Waals surface area contributed by atoms with Crippen LogP contribution in [0.5, 0.6) is 0 Å². The first-order chi connectivity index (χ1) is 9.97. The predicted molar refractivity (Wildman–Crippen MR) is 66.8 cm³/mol. The monoisotopic (exact) mass is 343 g/mol. The Hall–Kier alpha value is -1.71. The summed E-state index contributed by atoms with van der Waals surface area (Å²) in [6.45, 7) is -0.245. The molecular formula is C12H10F5NO3S. The highest BCUT2D eigenvalue weighted by Crippen LogP contribution is 2.35.